The van der Waals surface area contributed by atoms with Crippen LogP contribution in [0.1, 0.15) is 36.9 Å². The van der Waals surface area contributed by atoms with Crippen molar-refractivity contribution in [1.82, 2.24) is 0 Å². The summed E-state index contributed by atoms with van der Waals surface area (Å²) in [4.78, 5) is 0. The van der Waals surface area contributed by atoms with Gasteiger partial charge in [-0.05, 0) is 48.9 Å². The van der Waals surface area contributed by atoms with Gasteiger partial charge in [0.2, 0.25) is 0 Å². The molecule has 0 spiro atoms. The van der Waals surface area contributed by atoms with Gasteiger partial charge in [-0.1, -0.05) is 18.2 Å². The number of allylic oxidation sites excluding steroid dienone is 1. The number of hydrogen-bond donors (Lipinski definition) is 1. The van der Waals surface area contributed by atoms with Gasteiger partial charge in [0, 0.05) is 6.04 Å². The van der Waals surface area contributed by atoms with Crippen LogP contribution in [0.3, 0.4) is 0 Å². The molecule has 0 saturated heterocycles. The summed E-state index contributed by atoms with van der Waals surface area (Å²) in [7, 11) is 1.69. The van der Waals surface area contributed by atoms with E-state index >= 15 is 0 Å². The molecule has 2 N–H and O–H groups in total. The summed E-state index contributed by atoms with van der Waals surface area (Å²) in [5.74, 6) is 1.67. The molecule has 1 aliphatic carbocycles. The Labute approximate surface area is 97.1 Å². The average Bonchev–Trinajstić information content (AvgIpc) is 3.09. The lowest BCUT2D eigenvalue weighted by Gasteiger charge is -2.11. The molecule has 0 bridgehead atoms. The molecule has 0 heterocycles. The standard InChI is InChI=1S/C14H19NO/c1-10(15)14-8-7-13(16-2)9-12(14)6-5-11-3-4-11/h5-11H,3-4,15H2,1-2H3/b6-5+/t10-/m1/s1. The lowest BCUT2D eigenvalue weighted by Crippen LogP contribution is -2.06. The van der Waals surface area contributed by atoms with Gasteiger partial charge in [-0.2, -0.15) is 0 Å². The van der Waals surface area contributed by atoms with Crippen LogP contribution in [0, 0.1) is 5.92 Å². The Kier molecular flexibility index (Phi) is 3.30. The van der Waals surface area contributed by atoms with Crippen LogP contribution in [0.2, 0.25) is 0 Å². The first-order chi connectivity index (χ1) is 7.70. The summed E-state index contributed by atoms with van der Waals surface area (Å²) in [5, 5.41) is 0. The maximum atomic E-state index is 5.95. The predicted octanol–water partition coefficient (Wildman–Crippen LogP) is 3.14. The third-order valence-electron chi connectivity index (χ3n) is 2.95. The number of rotatable bonds is 4. The first-order valence-electron chi connectivity index (χ1n) is 5.82. The summed E-state index contributed by atoms with van der Waals surface area (Å²) in [6.07, 6.45) is 7.11. The number of nitrogens with two attached hydrogens (primary N) is 1. The second-order valence-corrected chi connectivity index (χ2v) is 4.48. The molecular weight excluding hydrogens is 198 g/mol. The Morgan fingerprint density at radius 2 is 2.19 bits per heavy atom. The number of hydrogen-bond acceptors (Lipinski definition) is 2. The number of ether oxygens (including phenoxy) is 1. The van der Waals surface area contributed by atoms with Crippen molar-refractivity contribution in [2.75, 3.05) is 7.11 Å². The Morgan fingerprint density at radius 3 is 2.75 bits per heavy atom. The fourth-order valence-electron chi connectivity index (χ4n) is 1.77. The molecule has 0 radical (unpaired) electrons. The van der Waals surface area contributed by atoms with Gasteiger partial charge >= 0.3 is 0 Å². The van der Waals surface area contributed by atoms with Crippen molar-refractivity contribution in [3.05, 3.63) is 35.4 Å². The van der Waals surface area contributed by atoms with E-state index in [4.69, 9.17) is 10.5 Å². The van der Waals surface area contributed by atoms with Crippen molar-refractivity contribution in [2.45, 2.75) is 25.8 Å². The highest BCUT2D eigenvalue weighted by Crippen LogP contribution is 2.32. The van der Waals surface area contributed by atoms with Gasteiger partial charge in [0.15, 0.2) is 0 Å². The maximum Gasteiger partial charge on any atom is 0.119 e. The van der Waals surface area contributed by atoms with Crippen LogP contribution in [0.5, 0.6) is 5.75 Å². The fraction of sp³-hybridized carbons (Fsp3) is 0.429. The first kappa shape index (κ1) is 11.2. The molecule has 1 aromatic rings. The number of benzene rings is 1. The van der Waals surface area contributed by atoms with Crippen molar-refractivity contribution in [1.29, 1.82) is 0 Å². The van der Waals surface area contributed by atoms with E-state index in [0.717, 1.165) is 11.7 Å². The second kappa shape index (κ2) is 4.71. The third kappa shape index (κ3) is 2.64. The molecule has 16 heavy (non-hydrogen) atoms. The van der Waals surface area contributed by atoms with Crippen molar-refractivity contribution >= 4 is 6.08 Å². The lowest BCUT2D eigenvalue weighted by molar-refractivity contribution is 0.414. The smallest absolute Gasteiger partial charge is 0.119 e. The normalized spacial score (nSPS) is 17.7. The van der Waals surface area contributed by atoms with E-state index in [2.05, 4.69) is 24.3 Å². The Hall–Kier alpha value is -1.28. The SMILES string of the molecule is COc1ccc([C@@H](C)N)c(/C=C/C2CC2)c1. The molecule has 1 saturated carbocycles. The van der Waals surface area contributed by atoms with Crippen LogP contribution in [-0.4, -0.2) is 7.11 Å². The van der Waals surface area contributed by atoms with Gasteiger partial charge in [-0.3, -0.25) is 0 Å². The molecule has 1 aromatic carbocycles. The molecule has 1 fully saturated rings. The molecule has 0 aliphatic heterocycles. The van der Waals surface area contributed by atoms with E-state index in [-0.39, 0.29) is 6.04 Å². The Morgan fingerprint density at radius 1 is 1.44 bits per heavy atom. The molecular formula is C14H19NO. The summed E-state index contributed by atoms with van der Waals surface area (Å²) in [6.45, 7) is 2.01. The molecule has 0 aromatic heterocycles. The van der Waals surface area contributed by atoms with Gasteiger partial charge < -0.3 is 10.5 Å². The minimum Gasteiger partial charge on any atom is -0.497 e. The zero-order valence-electron chi connectivity index (χ0n) is 9.94. The van der Waals surface area contributed by atoms with E-state index in [1.165, 1.54) is 24.0 Å². The number of methoxy groups -OCH3 is 1. The average molecular weight is 217 g/mol. The molecule has 2 heteroatoms. The third-order valence-corrected chi connectivity index (χ3v) is 2.95. The minimum atomic E-state index is 0.0600. The van der Waals surface area contributed by atoms with Crippen LogP contribution in [0.4, 0.5) is 0 Å². The Balaban J connectivity index is 2.29. The molecule has 0 amide bonds. The lowest BCUT2D eigenvalue weighted by atomic mass is 10.0. The second-order valence-electron chi connectivity index (χ2n) is 4.48. The maximum absolute atomic E-state index is 5.95. The molecule has 2 rings (SSSR count). The molecule has 0 unspecified atom stereocenters. The minimum absolute atomic E-state index is 0.0600. The van der Waals surface area contributed by atoms with E-state index < -0.39 is 0 Å². The van der Waals surface area contributed by atoms with Crippen molar-refractivity contribution in [3.8, 4) is 5.75 Å². The molecule has 2 nitrogen and oxygen atoms in total. The topological polar surface area (TPSA) is 35.2 Å². The van der Waals surface area contributed by atoms with Crippen molar-refractivity contribution in [2.24, 2.45) is 11.7 Å². The van der Waals surface area contributed by atoms with Gasteiger partial charge in [-0.15, -0.1) is 0 Å². The fourth-order valence-corrected chi connectivity index (χ4v) is 1.77. The van der Waals surface area contributed by atoms with Gasteiger partial charge in [-0.25, -0.2) is 0 Å². The molecule has 86 valence electrons. The van der Waals surface area contributed by atoms with E-state index in [0.29, 0.717) is 0 Å². The van der Waals surface area contributed by atoms with Crippen molar-refractivity contribution < 1.29 is 4.74 Å². The first-order valence-corrected chi connectivity index (χ1v) is 5.82. The van der Waals surface area contributed by atoms with Crippen LogP contribution < -0.4 is 10.5 Å². The molecule has 1 atom stereocenters. The highest BCUT2D eigenvalue weighted by molar-refractivity contribution is 5.57. The summed E-state index contributed by atoms with van der Waals surface area (Å²) < 4.78 is 5.24. The largest absolute Gasteiger partial charge is 0.497 e. The molecule has 1 aliphatic rings. The Bertz CT molecular complexity index is 392. The zero-order chi connectivity index (χ0) is 11.5. The van der Waals surface area contributed by atoms with Crippen LogP contribution in [0.25, 0.3) is 6.08 Å². The van der Waals surface area contributed by atoms with Crippen LogP contribution in [0.15, 0.2) is 24.3 Å². The monoisotopic (exact) mass is 217 g/mol. The van der Waals surface area contributed by atoms with E-state index in [9.17, 15) is 0 Å². The van der Waals surface area contributed by atoms with E-state index in [1.54, 1.807) is 7.11 Å². The summed E-state index contributed by atoms with van der Waals surface area (Å²) >= 11 is 0. The summed E-state index contributed by atoms with van der Waals surface area (Å²) in [6, 6.07) is 6.13. The van der Waals surface area contributed by atoms with Gasteiger partial charge in [0.05, 0.1) is 7.11 Å². The summed E-state index contributed by atoms with van der Waals surface area (Å²) in [5.41, 5.74) is 8.31. The van der Waals surface area contributed by atoms with Gasteiger partial charge in [0.25, 0.3) is 0 Å². The van der Waals surface area contributed by atoms with Gasteiger partial charge in [0.1, 0.15) is 5.75 Å². The van der Waals surface area contributed by atoms with E-state index in [1.807, 2.05) is 13.0 Å². The highest BCUT2D eigenvalue weighted by atomic mass is 16.5. The zero-order valence-corrected chi connectivity index (χ0v) is 9.94. The predicted molar refractivity (Wildman–Crippen MR) is 67.4 cm³/mol. The quantitative estimate of drug-likeness (QED) is 0.841. The van der Waals surface area contributed by atoms with Crippen LogP contribution >= 0.6 is 0 Å². The van der Waals surface area contributed by atoms with Crippen LogP contribution in [-0.2, 0) is 0 Å². The van der Waals surface area contributed by atoms with Crippen molar-refractivity contribution in [3.63, 3.8) is 0 Å². The highest BCUT2D eigenvalue weighted by Gasteiger charge is 2.17.